The topological polar surface area (TPSA) is 58.1 Å². The minimum atomic E-state index is -0.0834. The molecule has 0 atom stereocenters. The highest BCUT2D eigenvalue weighted by Gasteiger charge is 2.14. The summed E-state index contributed by atoms with van der Waals surface area (Å²) in [6.07, 6.45) is 0. The molecule has 0 aliphatic carbocycles. The highest BCUT2D eigenvalue weighted by molar-refractivity contribution is 6.16. The molecule has 5 nitrogen and oxygen atoms in total. The van der Waals surface area contributed by atoms with E-state index in [1.807, 2.05) is 73.6 Å². The van der Waals surface area contributed by atoms with E-state index in [4.69, 9.17) is 9.97 Å². The van der Waals surface area contributed by atoms with Gasteiger partial charge < -0.3 is 10.2 Å². The van der Waals surface area contributed by atoms with E-state index in [0.717, 1.165) is 39.4 Å². The third kappa shape index (κ3) is 2.97. The molecule has 4 aromatic rings. The Balaban J connectivity index is 1.88. The fourth-order valence-electron chi connectivity index (χ4n) is 3.13. The number of nitrogens with one attached hydrogen (secondary N) is 1. The standard InChI is InChI=1S/C21H20N4O/c1-25(2)13-12-22-21(26)15-7-5-6-14-10-11-18-20(19(14)15)24-17-9-4-3-8-16(17)23-18/h3-11H,12-13H2,1-2H3,(H,22,26). The average Bonchev–Trinajstić information content (AvgIpc) is 2.65. The lowest BCUT2D eigenvalue weighted by atomic mass is 10.0. The van der Waals surface area contributed by atoms with Crippen LogP contribution in [0, 0.1) is 0 Å². The summed E-state index contributed by atoms with van der Waals surface area (Å²) in [4.78, 5) is 24.3. The summed E-state index contributed by atoms with van der Waals surface area (Å²) in [5, 5.41) is 4.84. The zero-order valence-corrected chi connectivity index (χ0v) is 14.9. The van der Waals surface area contributed by atoms with Crippen LogP contribution >= 0.6 is 0 Å². The van der Waals surface area contributed by atoms with Gasteiger partial charge in [0.05, 0.1) is 22.1 Å². The summed E-state index contributed by atoms with van der Waals surface area (Å²) in [5.41, 5.74) is 3.88. The Morgan fingerprint density at radius 1 is 0.923 bits per heavy atom. The van der Waals surface area contributed by atoms with Crippen molar-refractivity contribution in [3.63, 3.8) is 0 Å². The fraction of sp³-hybridized carbons (Fsp3) is 0.190. The molecule has 1 amide bonds. The number of carbonyl (C=O) groups is 1. The summed E-state index contributed by atoms with van der Waals surface area (Å²) in [5.74, 6) is -0.0834. The van der Waals surface area contributed by atoms with E-state index in [1.54, 1.807) is 0 Å². The van der Waals surface area contributed by atoms with E-state index in [2.05, 4.69) is 5.32 Å². The lowest BCUT2D eigenvalue weighted by molar-refractivity contribution is 0.0952. The number of hydrogen-bond donors (Lipinski definition) is 1. The van der Waals surface area contributed by atoms with E-state index in [9.17, 15) is 4.79 Å². The van der Waals surface area contributed by atoms with E-state index >= 15 is 0 Å². The van der Waals surface area contributed by atoms with Gasteiger partial charge in [-0.15, -0.1) is 0 Å². The molecule has 26 heavy (non-hydrogen) atoms. The van der Waals surface area contributed by atoms with Gasteiger partial charge in [0.15, 0.2) is 0 Å². The van der Waals surface area contributed by atoms with Crippen molar-refractivity contribution in [3.05, 3.63) is 60.2 Å². The Hall–Kier alpha value is -3.05. The van der Waals surface area contributed by atoms with E-state index in [-0.39, 0.29) is 5.91 Å². The number of benzene rings is 3. The first kappa shape index (κ1) is 16.4. The maximum Gasteiger partial charge on any atom is 0.252 e. The number of likely N-dealkylation sites (N-methyl/N-ethyl adjacent to an activating group) is 1. The molecule has 0 unspecified atom stereocenters. The van der Waals surface area contributed by atoms with Crippen LogP contribution in [0.2, 0.25) is 0 Å². The fourth-order valence-corrected chi connectivity index (χ4v) is 3.13. The lowest BCUT2D eigenvalue weighted by Crippen LogP contribution is -2.31. The maximum atomic E-state index is 12.8. The molecule has 0 saturated heterocycles. The van der Waals surface area contributed by atoms with Gasteiger partial charge in [0.1, 0.15) is 0 Å². The normalized spacial score (nSPS) is 11.5. The summed E-state index contributed by atoms with van der Waals surface area (Å²) in [6, 6.07) is 17.5. The van der Waals surface area contributed by atoms with Gasteiger partial charge in [-0.2, -0.15) is 0 Å². The van der Waals surface area contributed by atoms with Crippen molar-refractivity contribution in [1.29, 1.82) is 0 Å². The van der Waals surface area contributed by atoms with Crippen molar-refractivity contribution >= 4 is 38.7 Å². The summed E-state index contributed by atoms with van der Waals surface area (Å²) in [7, 11) is 3.97. The summed E-state index contributed by atoms with van der Waals surface area (Å²) < 4.78 is 0. The molecule has 0 radical (unpaired) electrons. The first-order chi connectivity index (χ1) is 12.6. The Labute approximate surface area is 151 Å². The van der Waals surface area contributed by atoms with Gasteiger partial charge in [-0.25, -0.2) is 9.97 Å². The van der Waals surface area contributed by atoms with Crippen molar-refractivity contribution in [2.45, 2.75) is 0 Å². The van der Waals surface area contributed by atoms with Gasteiger partial charge in [0, 0.05) is 24.0 Å². The molecule has 0 aliphatic rings. The molecular weight excluding hydrogens is 324 g/mol. The second-order valence-electron chi connectivity index (χ2n) is 6.61. The van der Waals surface area contributed by atoms with Crippen LogP contribution in [0.3, 0.4) is 0 Å². The summed E-state index contributed by atoms with van der Waals surface area (Å²) in [6.45, 7) is 1.39. The van der Waals surface area contributed by atoms with Crippen molar-refractivity contribution in [2.24, 2.45) is 0 Å². The van der Waals surface area contributed by atoms with Crippen LogP contribution in [0.15, 0.2) is 54.6 Å². The molecule has 5 heteroatoms. The number of aromatic nitrogens is 2. The first-order valence-corrected chi connectivity index (χ1v) is 8.64. The van der Waals surface area contributed by atoms with Crippen LogP contribution in [0.1, 0.15) is 10.4 Å². The molecular formula is C21H20N4O. The third-order valence-electron chi connectivity index (χ3n) is 4.44. The van der Waals surface area contributed by atoms with Crippen LogP contribution in [0.5, 0.6) is 0 Å². The maximum absolute atomic E-state index is 12.8. The number of para-hydroxylation sites is 2. The number of carbonyl (C=O) groups excluding carboxylic acids is 1. The smallest absolute Gasteiger partial charge is 0.252 e. The first-order valence-electron chi connectivity index (χ1n) is 8.64. The minimum absolute atomic E-state index is 0.0834. The Morgan fingerprint density at radius 2 is 1.69 bits per heavy atom. The van der Waals surface area contributed by atoms with Crippen LogP contribution in [0.4, 0.5) is 0 Å². The van der Waals surface area contributed by atoms with Gasteiger partial charge in [0.2, 0.25) is 0 Å². The van der Waals surface area contributed by atoms with Crippen molar-refractivity contribution < 1.29 is 4.79 Å². The predicted molar refractivity (Wildman–Crippen MR) is 105 cm³/mol. The molecule has 0 saturated carbocycles. The van der Waals surface area contributed by atoms with Gasteiger partial charge in [0.25, 0.3) is 5.91 Å². The highest BCUT2D eigenvalue weighted by Crippen LogP contribution is 2.27. The molecule has 0 bridgehead atoms. The van der Waals surface area contributed by atoms with E-state index in [0.29, 0.717) is 12.1 Å². The van der Waals surface area contributed by atoms with Crippen LogP contribution < -0.4 is 5.32 Å². The molecule has 1 heterocycles. The number of rotatable bonds is 4. The number of nitrogens with zero attached hydrogens (tertiary/aromatic N) is 3. The zero-order valence-electron chi connectivity index (χ0n) is 14.9. The molecule has 0 fully saturated rings. The number of amides is 1. The average molecular weight is 344 g/mol. The van der Waals surface area contributed by atoms with Crippen molar-refractivity contribution in [3.8, 4) is 0 Å². The Morgan fingerprint density at radius 3 is 2.46 bits per heavy atom. The van der Waals surface area contributed by atoms with Gasteiger partial charge >= 0.3 is 0 Å². The van der Waals surface area contributed by atoms with Crippen molar-refractivity contribution in [1.82, 2.24) is 20.2 Å². The van der Waals surface area contributed by atoms with E-state index in [1.165, 1.54) is 0 Å². The van der Waals surface area contributed by atoms with Crippen LogP contribution in [-0.2, 0) is 0 Å². The molecule has 0 aliphatic heterocycles. The second kappa shape index (κ2) is 6.69. The quantitative estimate of drug-likeness (QED) is 0.456. The Bertz CT molecular complexity index is 1120. The Kier molecular flexibility index (Phi) is 4.22. The molecule has 3 aromatic carbocycles. The molecule has 1 aromatic heterocycles. The van der Waals surface area contributed by atoms with Gasteiger partial charge in [-0.3, -0.25) is 4.79 Å². The lowest BCUT2D eigenvalue weighted by Gasteiger charge is -2.12. The predicted octanol–water partition coefficient (Wildman–Crippen LogP) is 3.23. The highest BCUT2D eigenvalue weighted by atomic mass is 16.1. The monoisotopic (exact) mass is 344 g/mol. The molecule has 130 valence electrons. The second-order valence-corrected chi connectivity index (χ2v) is 6.61. The molecule has 0 spiro atoms. The SMILES string of the molecule is CN(C)CCNC(=O)c1cccc2ccc3nc4ccccc4nc3c12. The molecule has 1 N–H and O–H groups in total. The summed E-state index contributed by atoms with van der Waals surface area (Å²) >= 11 is 0. The third-order valence-corrected chi connectivity index (χ3v) is 4.44. The van der Waals surface area contributed by atoms with Crippen LogP contribution in [-0.4, -0.2) is 48.0 Å². The van der Waals surface area contributed by atoms with Gasteiger partial charge in [-0.1, -0.05) is 30.3 Å². The number of hydrogen-bond acceptors (Lipinski definition) is 4. The van der Waals surface area contributed by atoms with Gasteiger partial charge in [-0.05, 0) is 43.7 Å². The van der Waals surface area contributed by atoms with Crippen LogP contribution in [0.25, 0.3) is 32.8 Å². The largest absolute Gasteiger partial charge is 0.351 e. The molecule has 4 rings (SSSR count). The van der Waals surface area contributed by atoms with Crippen molar-refractivity contribution in [2.75, 3.05) is 27.2 Å². The number of fused-ring (bicyclic) bond motifs is 4. The minimum Gasteiger partial charge on any atom is -0.351 e. The zero-order chi connectivity index (χ0) is 18.1. The van der Waals surface area contributed by atoms with E-state index < -0.39 is 0 Å².